The summed E-state index contributed by atoms with van der Waals surface area (Å²) >= 11 is 0. The van der Waals surface area contributed by atoms with Crippen LogP contribution in [0.4, 0.5) is 4.39 Å². The second kappa shape index (κ2) is 5.56. The van der Waals surface area contributed by atoms with Gasteiger partial charge in [0.1, 0.15) is 5.82 Å². The van der Waals surface area contributed by atoms with Crippen molar-refractivity contribution in [3.63, 3.8) is 0 Å². The molecule has 106 valence electrons. The first-order valence-corrected chi connectivity index (χ1v) is 7.97. The predicted octanol–water partition coefficient (Wildman–Crippen LogP) is 1.75. The van der Waals surface area contributed by atoms with Crippen LogP contribution in [-0.2, 0) is 16.6 Å². The van der Waals surface area contributed by atoms with Gasteiger partial charge in [-0.25, -0.2) is 17.5 Å². The van der Waals surface area contributed by atoms with Gasteiger partial charge in [-0.3, -0.25) is 0 Å². The van der Waals surface area contributed by atoms with Crippen molar-refractivity contribution in [3.05, 3.63) is 29.6 Å². The number of hydrogen-bond acceptors (Lipinski definition) is 3. The van der Waals surface area contributed by atoms with Crippen molar-refractivity contribution in [3.8, 4) is 0 Å². The molecule has 0 aromatic heterocycles. The van der Waals surface area contributed by atoms with E-state index >= 15 is 0 Å². The van der Waals surface area contributed by atoms with Crippen LogP contribution in [0.15, 0.2) is 23.1 Å². The van der Waals surface area contributed by atoms with Gasteiger partial charge in [0.2, 0.25) is 10.0 Å². The molecule has 3 N–H and O–H groups in total. The van der Waals surface area contributed by atoms with Crippen molar-refractivity contribution in [1.29, 1.82) is 0 Å². The maximum atomic E-state index is 13.3. The van der Waals surface area contributed by atoms with E-state index in [4.69, 9.17) is 5.73 Å². The maximum absolute atomic E-state index is 13.3. The molecule has 1 saturated carbocycles. The van der Waals surface area contributed by atoms with Crippen LogP contribution in [0, 0.1) is 11.7 Å². The molecule has 1 aromatic rings. The number of halogens is 1. The third kappa shape index (κ3) is 3.32. The summed E-state index contributed by atoms with van der Waals surface area (Å²) in [5, 5.41) is 0. The fourth-order valence-corrected chi connectivity index (χ4v) is 3.59. The first kappa shape index (κ1) is 14.4. The summed E-state index contributed by atoms with van der Waals surface area (Å²) in [6.45, 7) is 2.06. The third-order valence-electron chi connectivity index (χ3n) is 3.44. The fourth-order valence-electron chi connectivity index (χ4n) is 2.22. The molecule has 0 amide bonds. The molecule has 1 aromatic carbocycles. The highest BCUT2D eigenvalue weighted by molar-refractivity contribution is 7.89. The lowest BCUT2D eigenvalue weighted by Gasteiger charge is -2.08. The Morgan fingerprint density at radius 1 is 1.47 bits per heavy atom. The normalized spacial score (nSPS) is 22.5. The largest absolute Gasteiger partial charge is 0.326 e. The number of sulfonamides is 1. The number of nitrogens with one attached hydrogen (secondary N) is 1. The van der Waals surface area contributed by atoms with E-state index in [1.54, 1.807) is 0 Å². The zero-order chi connectivity index (χ0) is 14.0. The number of hydrogen-bond donors (Lipinski definition) is 2. The Morgan fingerprint density at radius 3 is 2.84 bits per heavy atom. The second-order valence-corrected chi connectivity index (χ2v) is 6.68. The van der Waals surface area contributed by atoms with Crippen LogP contribution in [0.25, 0.3) is 0 Å². The van der Waals surface area contributed by atoms with E-state index in [2.05, 4.69) is 11.6 Å². The van der Waals surface area contributed by atoms with Crippen LogP contribution in [0.1, 0.15) is 31.7 Å². The molecule has 0 saturated heterocycles. The average Bonchev–Trinajstić information content (AvgIpc) is 3.07. The topological polar surface area (TPSA) is 72.2 Å². The van der Waals surface area contributed by atoms with Crippen molar-refractivity contribution < 1.29 is 12.8 Å². The van der Waals surface area contributed by atoms with Gasteiger partial charge in [0.25, 0.3) is 0 Å². The molecule has 0 heterocycles. The Bertz CT molecular complexity index is 560. The van der Waals surface area contributed by atoms with Crippen molar-refractivity contribution in [1.82, 2.24) is 4.72 Å². The zero-order valence-corrected chi connectivity index (χ0v) is 11.7. The average molecular weight is 286 g/mol. The van der Waals surface area contributed by atoms with E-state index in [1.807, 2.05) is 0 Å². The molecule has 0 bridgehead atoms. The van der Waals surface area contributed by atoms with Crippen LogP contribution >= 0.6 is 0 Å². The zero-order valence-electron chi connectivity index (χ0n) is 10.9. The van der Waals surface area contributed by atoms with Gasteiger partial charge in [0.15, 0.2) is 0 Å². The van der Waals surface area contributed by atoms with E-state index in [9.17, 15) is 12.8 Å². The van der Waals surface area contributed by atoms with Crippen molar-refractivity contribution in [2.45, 2.75) is 43.7 Å². The summed E-state index contributed by atoms with van der Waals surface area (Å²) in [4.78, 5) is 0.0801. The van der Waals surface area contributed by atoms with Gasteiger partial charge in [0.05, 0.1) is 4.90 Å². The summed E-state index contributed by atoms with van der Waals surface area (Å²) in [6, 6.07) is 3.74. The van der Waals surface area contributed by atoms with Crippen molar-refractivity contribution >= 4 is 10.0 Å². The molecule has 4 nitrogen and oxygen atoms in total. The van der Waals surface area contributed by atoms with Gasteiger partial charge < -0.3 is 5.73 Å². The lowest BCUT2D eigenvalue weighted by molar-refractivity contribution is 0.571. The molecule has 1 aliphatic rings. The summed E-state index contributed by atoms with van der Waals surface area (Å²) in [5.41, 5.74) is 5.59. The minimum atomic E-state index is -3.57. The quantitative estimate of drug-likeness (QED) is 0.837. The van der Waals surface area contributed by atoms with Gasteiger partial charge in [-0.15, -0.1) is 0 Å². The smallest absolute Gasteiger partial charge is 0.240 e. The van der Waals surface area contributed by atoms with E-state index in [0.29, 0.717) is 5.92 Å². The molecule has 0 radical (unpaired) electrons. The van der Waals surface area contributed by atoms with E-state index in [0.717, 1.165) is 25.3 Å². The number of nitrogens with two attached hydrogens (primary N) is 1. The lowest BCUT2D eigenvalue weighted by atomic mass is 10.2. The number of benzene rings is 1. The highest BCUT2D eigenvalue weighted by Crippen LogP contribution is 2.35. The van der Waals surface area contributed by atoms with Crippen LogP contribution in [0.2, 0.25) is 0 Å². The van der Waals surface area contributed by atoms with Gasteiger partial charge in [-0.05, 0) is 37.0 Å². The van der Waals surface area contributed by atoms with Gasteiger partial charge >= 0.3 is 0 Å². The highest BCUT2D eigenvalue weighted by atomic mass is 32.2. The SMILES string of the molecule is CCCC1CC1NS(=O)(=O)c1ccc(F)c(CN)c1. The first-order valence-electron chi connectivity index (χ1n) is 6.48. The summed E-state index contributed by atoms with van der Waals surface area (Å²) in [7, 11) is -3.57. The molecule has 1 fully saturated rings. The molecule has 2 rings (SSSR count). The minimum absolute atomic E-state index is 0.0168. The van der Waals surface area contributed by atoms with E-state index < -0.39 is 15.8 Å². The monoisotopic (exact) mass is 286 g/mol. The third-order valence-corrected chi connectivity index (χ3v) is 4.92. The molecule has 2 unspecified atom stereocenters. The highest BCUT2D eigenvalue weighted by Gasteiger charge is 2.39. The second-order valence-electron chi connectivity index (χ2n) is 4.97. The van der Waals surface area contributed by atoms with Gasteiger partial charge in [-0.2, -0.15) is 0 Å². The Labute approximate surface area is 113 Å². The fraction of sp³-hybridized carbons (Fsp3) is 0.538. The van der Waals surface area contributed by atoms with E-state index in [-0.39, 0.29) is 23.0 Å². The van der Waals surface area contributed by atoms with Crippen LogP contribution < -0.4 is 10.5 Å². The van der Waals surface area contributed by atoms with Crippen LogP contribution in [0.3, 0.4) is 0 Å². The standard InChI is InChI=1S/C13H19FN2O2S/c1-2-3-9-7-13(9)16-19(17,18)11-4-5-12(14)10(6-11)8-15/h4-6,9,13,16H,2-3,7-8,15H2,1H3. The Kier molecular flexibility index (Phi) is 4.23. The van der Waals surface area contributed by atoms with Crippen LogP contribution in [-0.4, -0.2) is 14.5 Å². The molecule has 1 aliphatic carbocycles. The van der Waals surface area contributed by atoms with Crippen LogP contribution in [0.5, 0.6) is 0 Å². The van der Waals surface area contributed by atoms with Crippen molar-refractivity contribution in [2.24, 2.45) is 11.7 Å². The molecule has 0 spiro atoms. The molecular weight excluding hydrogens is 267 g/mol. The molecule has 19 heavy (non-hydrogen) atoms. The Hall–Kier alpha value is -0.980. The predicted molar refractivity (Wildman–Crippen MR) is 71.4 cm³/mol. The summed E-state index contributed by atoms with van der Waals surface area (Å²) in [5.74, 6) is -0.0362. The minimum Gasteiger partial charge on any atom is -0.326 e. The molecular formula is C13H19FN2O2S. The van der Waals surface area contributed by atoms with E-state index in [1.165, 1.54) is 12.1 Å². The number of rotatable bonds is 6. The van der Waals surface area contributed by atoms with Gasteiger partial charge in [0, 0.05) is 18.2 Å². The molecule has 2 atom stereocenters. The molecule has 6 heteroatoms. The molecule has 0 aliphatic heterocycles. The maximum Gasteiger partial charge on any atom is 0.240 e. The lowest BCUT2D eigenvalue weighted by Crippen LogP contribution is -2.27. The first-order chi connectivity index (χ1) is 8.97. The Balaban J connectivity index is 2.12. The van der Waals surface area contributed by atoms with Gasteiger partial charge in [-0.1, -0.05) is 13.3 Å². The summed E-state index contributed by atoms with van der Waals surface area (Å²) in [6.07, 6.45) is 2.97. The van der Waals surface area contributed by atoms with Crippen molar-refractivity contribution in [2.75, 3.05) is 0 Å². The Morgan fingerprint density at radius 2 is 2.21 bits per heavy atom. The summed E-state index contributed by atoms with van der Waals surface area (Å²) < 4.78 is 40.2.